The normalized spacial score (nSPS) is 16.4. The molecule has 14 heavy (non-hydrogen) atoms. The fraction of sp³-hybridized carbons (Fsp3) is 0.364. The van der Waals surface area contributed by atoms with Crippen LogP contribution in [0.2, 0.25) is 0 Å². The van der Waals surface area contributed by atoms with Crippen molar-refractivity contribution >= 4 is 11.0 Å². The van der Waals surface area contributed by atoms with Gasteiger partial charge in [-0.25, -0.2) is 4.98 Å². The lowest BCUT2D eigenvalue weighted by atomic mass is 10.3. The molecule has 1 N–H and O–H groups in total. The quantitative estimate of drug-likeness (QED) is 0.744. The Morgan fingerprint density at radius 2 is 2.21 bits per heavy atom. The first-order chi connectivity index (χ1) is 6.77. The standard InChI is InChI=1S/C11H12N2O/c1-13-8-3-2-4-9(14)10(8)12-11(13)7-5-6-7/h2-4,7,14H,5-6H2,1H3. The first-order valence-electron chi connectivity index (χ1n) is 4.91. The van der Waals surface area contributed by atoms with E-state index in [0.29, 0.717) is 5.92 Å². The topological polar surface area (TPSA) is 38.0 Å². The highest BCUT2D eigenvalue weighted by Gasteiger charge is 2.28. The number of hydrogen-bond acceptors (Lipinski definition) is 2. The van der Waals surface area contributed by atoms with E-state index < -0.39 is 0 Å². The Morgan fingerprint density at radius 3 is 2.86 bits per heavy atom. The van der Waals surface area contributed by atoms with Crippen LogP contribution in [0.5, 0.6) is 5.75 Å². The maximum absolute atomic E-state index is 9.64. The molecule has 0 atom stereocenters. The zero-order valence-corrected chi connectivity index (χ0v) is 8.07. The summed E-state index contributed by atoms with van der Waals surface area (Å²) in [6, 6.07) is 5.54. The molecule has 0 spiro atoms. The van der Waals surface area contributed by atoms with Gasteiger partial charge in [0, 0.05) is 13.0 Å². The third kappa shape index (κ3) is 0.953. The van der Waals surface area contributed by atoms with Crippen LogP contribution in [0.15, 0.2) is 18.2 Å². The Morgan fingerprint density at radius 1 is 1.43 bits per heavy atom. The molecular formula is C11H12N2O. The number of aryl methyl sites for hydroxylation is 1. The van der Waals surface area contributed by atoms with Crippen LogP contribution in [0.25, 0.3) is 11.0 Å². The van der Waals surface area contributed by atoms with Gasteiger partial charge in [0.2, 0.25) is 0 Å². The predicted molar refractivity (Wildman–Crippen MR) is 54.4 cm³/mol. The van der Waals surface area contributed by atoms with E-state index in [4.69, 9.17) is 0 Å². The highest BCUT2D eigenvalue weighted by atomic mass is 16.3. The SMILES string of the molecule is Cn1c(C2CC2)nc2c(O)cccc21. The Hall–Kier alpha value is -1.51. The molecule has 72 valence electrons. The van der Waals surface area contributed by atoms with Crippen LogP contribution in [0.3, 0.4) is 0 Å². The summed E-state index contributed by atoms with van der Waals surface area (Å²) in [6.45, 7) is 0. The van der Waals surface area contributed by atoms with Gasteiger partial charge in [0.25, 0.3) is 0 Å². The van der Waals surface area contributed by atoms with Crippen LogP contribution in [0, 0.1) is 0 Å². The highest BCUT2D eigenvalue weighted by Crippen LogP contribution is 2.41. The molecule has 3 rings (SSSR count). The molecule has 1 aliphatic rings. The number of phenolic OH excluding ortho intramolecular Hbond substituents is 1. The lowest BCUT2D eigenvalue weighted by Crippen LogP contribution is -1.94. The van der Waals surface area contributed by atoms with Crippen LogP contribution >= 0.6 is 0 Å². The van der Waals surface area contributed by atoms with Gasteiger partial charge in [-0.05, 0) is 25.0 Å². The molecule has 1 fully saturated rings. The minimum Gasteiger partial charge on any atom is -0.506 e. The van der Waals surface area contributed by atoms with Crippen LogP contribution in [0.1, 0.15) is 24.6 Å². The van der Waals surface area contributed by atoms with E-state index in [0.717, 1.165) is 16.9 Å². The van der Waals surface area contributed by atoms with Gasteiger partial charge >= 0.3 is 0 Å². The highest BCUT2D eigenvalue weighted by molar-refractivity contribution is 5.82. The number of nitrogens with zero attached hydrogens (tertiary/aromatic N) is 2. The lowest BCUT2D eigenvalue weighted by molar-refractivity contribution is 0.480. The smallest absolute Gasteiger partial charge is 0.143 e. The maximum Gasteiger partial charge on any atom is 0.143 e. The summed E-state index contributed by atoms with van der Waals surface area (Å²) in [5.41, 5.74) is 1.75. The fourth-order valence-corrected chi connectivity index (χ4v) is 1.92. The van der Waals surface area contributed by atoms with Gasteiger partial charge in [-0.3, -0.25) is 0 Å². The van der Waals surface area contributed by atoms with E-state index in [9.17, 15) is 5.11 Å². The summed E-state index contributed by atoms with van der Waals surface area (Å²) in [5, 5.41) is 9.64. The van der Waals surface area contributed by atoms with Gasteiger partial charge in [0.1, 0.15) is 17.1 Å². The molecule has 1 aliphatic carbocycles. The van der Waals surface area contributed by atoms with E-state index in [2.05, 4.69) is 9.55 Å². The molecule has 0 bridgehead atoms. The first kappa shape index (κ1) is 7.85. The Bertz CT molecular complexity index is 497. The Labute approximate surface area is 82.0 Å². The van der Waals surface area contributed by atoms with Crippen molar-refractivity contribution in [3.63, 3.8) is 0 Å². The minimum atomic E-state index is 0.282. The zero-order chi connectivity index (χ0) is 9.71. The van der Waals surface area contributed by atoms with Crippen molar-refractivity contribution < 1.29 is 5.11 Å². The third-order valence-corrected chi connectivity index (χ3v) is 2.87. The number of phenols is 1. The van der Waals surface area contributed by atoms with Crippen molar-refractivity contribution in [2.45, 2.75) is 18.8 Å². The summed E-state index contributed by atoms with van der Waals surface area (Å²) in [7, 11) is 2.02. The van der Waals surface area contributed by atoms with Gasteiger partial charge in [0.15, 0.2) is 0 Å². The van der Waals surface area contributed by atoms with Crippen molar-refractivity contribution in [2.24, 2.45) is 7.05 Å². The molecular weight excluding hydrogens is 176 g/mol. The fourth-order valence-electron chi connectivity index (χ4n) is 1.92. The van der Waals surface area contributed by atoms with Crippen LogP contribution in [-0.4, -0.2) is 14.7 Å². The molecule has 0 unspecified atom stereocenters. The molecule has 3 heteroatoms. The van der Waals surface area contributed by atoms with E-state index in [1.165, 1.54) is 12.8 Å². The minimum absolute atomic E-state index is 0.282. The molecule has 1 heterocycles. The number of hydrogen-bond donors (Lipinski definition) is 1. The van der Waals surface area contributed by atoms with Gasteiger partial charge in [-0.15, -0.1) is 0 Å². The van der Waals surface area contributed by atoms with Crippen molar-refractivity contribution in [1.29, 1.82) is 0 Å². The molecule has 1 aromatic carbocycles. The summed E-state index contributed by atoms with van der Waals surface area (Å²) < 4.78 is 2.09. The van der Waals surface area contributed by atoms with E-state index >= 15 is 0 Å². The number of imidazole rings is 1. The second-order valence-corrected chi connectivity index (χ2v) is 3.95. The number of benzene rings is 1. The van der Waals surface area contributed by atoms with Crippen molar-refractivity contribution in [2.75, 3.05) is 0 Å². The average Bonchev–Trinajstić information content (AvgIpc) is 2.94. The molecule has 0 radical (unpaired) electrons. The van der Waals surface area contributed by atoms with E-state index in [1.54, 1.807) is 6.07 Å². The first-order valence-corrected chi connectivity index (χ1v) is 4.91. The largest absolute Gasteiger partial charge is 0.506 e. The molecule has 1 saturated carbocycles. The van der Waals surface area contributed by atoms with E-state index in [-0.39, 0.29) is 5.75 Å². The maximum atomic E-state index is 9.64. The number of para-hydroxylation sites is 1. The second kappa shape index (κ2) is 2.50. The van der Waals surface area contributed by atoms with Crippen molar-refractivity contribution in [1.82, 2.24) is 9.55 Å². The second-order valence-electron chi connectivity index (χ2n) is 3.95. The Balaban J connectivity index is 2.33. The summed E-state index contributed by atoms with van der Waals surface area (Å²) in [4.78, 5) is 4.49. The van der Waals surface area contributed by atoms with Gasteiger partial charge in [0.05, 0.1) is 5.52 Å². The number of fused-ring (bicyclic) bond motifs is 1. The predicted octanol–water partition coefficient (Wildman–Crippen LogP) is 2.16. The van der Waals surface area contributed by atoms with Crippen molar-refractivity contribution in [3.8, 4) is 5.75 Å². The molecule has 1 aromatic heterocycles. The summed E-state index contributed by atoms with van der Waals surface area (Å²) >= 11 is 0. The molecule has 0 saturated heterocycles. The molecule has 0 aliphatic heterocycles. The monoisotopic (exact) mass is 188 g/mol. The molecule has 3 nitrogen and oxygen atoms in total. The number of aromatic hydroxyl groups is 1. The zero-order valence-electron chi connectivity index (χ0n) is 8.07. The van der Waals surface area contributed by atoms with Crippen LogP contribution in [-0.2, 0) is 7.05 Å². The van der Waals surface area contributed by atoms with Gasteiger partial charge < -0.3 is 9.67 Å². The van der Waals surface area contributed by atoms with Crippen LogP contribution in [0.4, 0.5) is 0 Å². The third-order valence-electron chi connectivity index (χ3n) is 2.87. The molecule has 2 aromatic rings. The van der Waals surface area contributed by atoms with Crippen LogP contribution < -0.4 is 0 Å². The van der Waals surface area contributed by atoms with E-state index in [1.807, 2.05) is 19.2 Å². The number of rotatable bonds is 1. The van der Waals surface area contributed by atoms with Gasteiger partial charge in [-0.1, -0.05) is 6.07 Å². The lowest BCUT2D eigenvalue weighted by Gasteiger charge is -1.98. The van der Waals surface area contributed by atoms with Gasteiger partial charge in [-0.2, -0.15) is 0 Å². The summed E-state index contributed by atoms with van der Waals surface area (Å²) in [5.74, 6) is 2.01. The summed E-state index contributed by atoms with van der Waals surface area (Å²) in [6.07, 6.45) is 2.47. The Kier molecular flexibility index (Phi) is 1.40. The number of aromatic nitrogens is 2. The molecule has 0 amide bonds. The average molecular weight is 188 g/mol. The van der Waals surface area contributed by atoms with Crippen molar-refractivity contribution in [3.05, 3.63) is 24.0 Å².